The first-order valence-corrected chi connectivity index (χ1v) is 8.56. The highest BCUT2D eigenvalue weighted by atomic mass is 16.5. The molecular formula is C18H23N7O2. The van der Waals surface area contributed by atoms with Gasteiger partial charge in [0, 0.05) is 32.6 Å². The molecule has 142 valence electrons. The van der Waals surface area contributed by atoms with Crippen LogP contribution in [0.5, 0.6) is 5.75 Å². The van der Waals surface area contributed by atoms with E-state index in [0.29, 0.717) is 18.8 Å². The smallest absolute Gasteiger partial charge is 0.320 e. The molecule has 2 N–H and O–H groups in total. The fourth-order valence-corrected chi connectivity index (χ4v) is 2.96. The molecule has 2 amide bonds. The van der Waals surface area contributed by atoms with Crippen LogP contribution in [0.3, 0.4) is 0 Å². The molecule has 1 aromatic carbocycles. The number of para-hydroxylation sites is 1. The van der Waals surface area contributed by atoms with Gasteiger partial charge in [0.05, 0.1) is 18.4 Å². The van der Waals surface area contributed by atoms with Gasteiger partial charge in [-0.05, 0) is 13.0 Å². The number of methoxy groups -OCH3 is 1. The summed E-state index contributed by atoms with van der Waals surface area (Å²) in [4.78, 5) is 16.5. The Morgan fingerprint density at radius 3 is 2.70 bits per heavy atom. The highest BCUT2D eigenvalue weighted by Gasteiger charge is 2.20. The van der Waals surface area contributed by atoms with Crippen LogP contribution in [0.4, 0.5) is 10.6 Å². The Labute approximate surface area is 157 Å². The molecule has 0 saturated heterocycles. The average Bonchev–Trinajstić information content (AvgIpc) is 3.17. The van der Waals surface area contributed by atoms with E-state index in [0.717, 1.165) is 28.4 Å². The standard InChI is InChI=1S/C18H23N7O2/c1-12-16(13-7-5-6-8-14(13)27-4)17(25(3)23-12)22-18(26)19-10-9-15-20-11-21-24(15)2/h5-8,11H,9-10H2,1-4H3,(H2,19,22,26). The number of amides is 2. The Bertz CT molecular complexity index is 945. The van der Waals surface area contributed by atoms with E-state index < -0.39 is 0 Å². The molecule has 0 unspecified atom stereocenters. The maximum atomic E-state index is 12.4. The molecule has 0 aliphatic rings. The molecule has 0 aliphatic heterocycles. The van der Waals surface area contributed by atoms with Crippen molar-refractivity contribution >= 4 is 11.8 Å². The Kier molecular flexibility index (Phi) is 5.39. The van der Waals surface area contributed by atoms with Crippen molar-refractivity contribution in [3.8, 4) is 16.9 Å². The molecule has 2 heterocycles. The lowest BCUT2D eigenvalue weighted by Gasteiger charge is -2.12. The monoisotopic (exact) mass is 369 g/mol. The minimum Gasteiger partial charge on any atom is -0.496 e. The number of ether oxygens (including phenoxy) is 1. The quantitative estimate of drug-likeness (QED) is 0.691. The van der Waals surface area contributed by atoms with E-state index in [1.54, 1.807) is 23.5 Å². The van der Waals surface area contributed by atoms with Gasteiger partial charge in [-0.25, -0.2) is 9.78 Å². The molecular weight excluding hydrogens is 346 g/mol. The van der Waals surface area contributed by atoms with Crippen LogP contribution < -0.4 is 15.4 Å². The van der Waals surface area contributed by atoms with Gasteiger partial charge in [-0.2, -0.15) is 10.2 Å². The molecule has 0 bridgehead atoms. The van der Waals surface area contributed by atoms with Crippen molar-refractivity contribution in [2.45, 2.75) is 13.3 Å². The molecule has 2 aromatic heterocycles. The second kappa shape index (κ2) is 7.90. The van der Waals surface area contributed by atoms with E-state index in [1.807, 2.05) is 38.2 Å². The molecule has 0 radical (unpaired) electrons. The van der Waals surface area contributed by atoms with Crippen molar-refractivity contribution in [3.63, 3.8) is 0 Å². The van der Waals surface area contributed by atoms with Crippen LogP contribution in [0.25, 0.3) is 11.1 Å². The predicted molar refractivity (Wildman–Crippen MR) is 102 cm³/mol. The normalized spacial score (nSPS) is 10.7. The lowest BCUT2D eigenvalue weighted by atomic mass is 10.0. The van der Waals surface area contributed by atoms with Crippen LogP contribution in [0.2, 0.25) is 0 Å². The maximum Gasteiger partial charge on any atom is 0.320 e. The fourth-order valence-electron chi connectivity index (χ4n) is 2.96. The SMILES string of the molecule is COc1ccccc1-c1c(C)nn(C)c1NC(=O)NCCc1ncnn1C. The summed E-state index contributed by atoms with van der Waals surface area (Å²) in [5.74, 6) is 2.13. The molecule has 3 aromatic rings. The lowest BCUT2D eigenvalue weighted by molar-refractivity contribution is 0.252. The van der Waals surface area contributed by atoms with E-state index in [-0.39, 0.29) is 6.03 Å². The minimum absolute atomic E-state index is 0.309. The van der Waals surface area contributed by atoms with Gasteiger partial charge in [-0.15, -0.1) is 0 Å². The van der Waals surface area contributed by atoms with Crippen LogP contribution in [0.1, 0.15) is 11.5 Å². The van der Waals surface area contributed by atoms with Gasteiger partial charge in [0.1, 0.15) is 23.7 Å². The third-order valence-corrected chi connectivity index (χ3v) is 4.27. The number of carbonyl (C=O) groups excluding carboxylic acids is 1. The highest BCUT2D eigenvalue weighted by molar-refractivity contribution is 5.94. The predicted octanol–water partition coefficient (Wildman–Crippen LogP) is 1.90. The summed E-state index contributed by atoms with van der Waals surface area (Å²) >= 11 is 0. The van der Waals surface area contributed by atoms with Crippen LogP contribution in [-0.4, -0.2) is 44.2 Å². The summed E-state index contributed by atoms with van der Waals surface area (Å²) in [5.41, 5.74) is 2.51. The number of nitrogens with one attached hydrogen (secondary N) is 2. The van der Waals surface area contributed by atoms with Crippen molar-refractivity contribution < 1.29 is 9.53 Å². The Hall–Kier alpha value is -3.36. The van der Waals surface area contributed by atoms with Crippen molar-refractivity contribution in [3.05, 3.63) is 42.1 Å². The van der Waals surface area contributed by atoms with Gasteiger partial charge in [-0.3, -0.25) is 14.7 Å². The van der Waals surface area contributed by atoms with Gasteiger partial charge in [0.25, 0.3) is 0 Å². The van der Waals surface area contributed by atoms with Crippen molar-refractivity contribution in [1.82, 2.24) is 29.9 Å². The summed E-state index contributed by atoms with van der Waals surface area (Å²) in [6.07, 6.45) is 2.08. The first-order chi connectivity index (χ1) is 13.0. The van der Waals surface area contributed by atoms with Crippen LogP contribution >= 0.6 is 0 Å². The van der Waals surface area contributed by atoms with Crippen molar-refractivity contribution in [1.29, 1.82) is 0 Å². The molecule has 3 rings (SSSR count). The van der Waals surface area contributed by atoms with Crippen LogP contribution in [0.15, 0.2) is 30.6 Å². The topological polar surface area (TPSA) is 98.9 Å². The summed E-state index contributed by atoms with van der Waals surface area (Å²) in [7, 11) is 5.23. The number of anilines is 1. The molecule has 0 atom stereocenters. The number of urea groups is 1. The molecule has 0 aliphatic carbocycles. The molecule has 27 heavy (non-hydrogen) atoms. The summed E-state index contributed by atoms with van der Waals surface area (Å²) in [6, 6.07) is 7.35. The number of aryl methyl sites for hydroxylation is 3. The van der Waals surface area contributed by atoms with Crippen molar-refractivity contribution in [2.75, 3.05) is 19.0 Å². The molecule has 0 saturated carbocycles. The fraction of sp³-hybridized carbons (Fsp3) is 0.333. The summed E-state index contributed by atoms with van der Waals surface area (Å²) in [5, 5.41) is 14.2. The Morgan fingerprint density at radius 2 is 2.00 bits per heavy atom. The van der Waals surface area contributed by atoms with E-state index in [2.05, 4.69) is 25.8 Å². The van der Waals surface area contributed by atoms with Crippen LogP contribution in [-0.2, 0) is 20.5 Å². The largest absolute Gasteiger partial charge is 0.496 e. The molecule has 9 nitrogen and oxygen atoms in total. The van der Waals surface area contributed by atoms with Gasteiger partial charge in [0.15, 0.2) is 0 Å². The number of nitrogens with zero attached hydrogens (tertiary/aromatic N) is 5. The number of carbonyl (C=O) groups is 1. The summed E-state index contributed by atoms with van der Waals surface area (Å²) < 4.78 is 8.80. The third-order valence-electron chi connectivity index (χ3n) is 4.27. The number of hydrogen-bond donors (Lipinski definition) is 2. The van der Waals surface area contributed by atoms with E-state index >= 15 is 0 Å². The second-order valence-electron chi connectivity index (χ2n) is 6.06. The molecule has 0 fully saturated rings. The van der Waals surface area contributed by atoms with E-state index in [4.69, 9.17) is 4.74 Å². The zero-order valence-corrected chi connectivity index (χ0v) is 15.9. The minimum atomic E-state index is -0.309. The van der Waals surface area contributed by atoms with E-state index in [1.165, 1.54) is 6.33 Å². The Balaban J connectivity index is 1.75. The number of hydrogen-bond acceptors (Lipinski definition) is 5. The summed E-state index contributed by atoms with van der Waals surface area (Å²) in [6.45, 7) is 2.35. The third kappa shape index (κ3) is 3.91. The zero-order valence-electron chi connectivity index (χ0n) is 15.9. The first-order valence-electron chi connectivity index (χ1n) is 8.56. The molecule has 9 heteroatoms. The number of rotatable bonds is 6. The van der Waals surface area contributed by atoms with Gasteiger partial charge < -0.3 is 10.1 Å². The number of aromatic nitrogens is 5. The highest BCUT2D eigenvalue weighted by Crippen LogP contribution is 2.36. The lowest BCUT2D eigenvalue weighted by Crippen LogP contribution is -2.31. The van der Waals surface area contributed by atoms with E-state index in [9.17, 15) is 4.79 Å². The molecule has 0 spiro atoms. The van der Waals surface area contributed by atoms with Crippen LogP contribution in [0, 0.1) is 6.92 Å². The Morgan fingerprint density at radius 1 is 1.22 bits per heavy atom. The second-order valence-corrected chi connectivity index (χ2v) is 6.06. The number of benzene rings is 1. The van der Waals surface area contributed by atoms with Gasteiger partial charge in [0.2, 0.25) is 0 Å². The first kappa shape index (κ1) is 18.4. The van der Waals surface area contributed by atoms with Gasteiger partial charge in [-0.1, -0.05) is 18.2 Å². The van der Waals surface area contributed by atoms with Gasteiger partial charge >= 0.3 is 6.03 Å². The van der Waals surface area contributed by atoms with Crippen molar-refractivity contribution in [2.24, 2.45) is 14.1 Å². The maximum absolute atomic E-state index is 12.4. The average molecular weight is 369 g/mol. The zero-order chi connectivity index (χ0) is 19.4.